The molecule has 10 heteroatoms. The summed E-state index contributed by atoms with van der Waals surface area (Å²) in [5, 5.41) is 6.50. The summed E-state index contributed by atoms with van der Waals surface area (Å²) >= 11 is 0. The van der Waals surface area contributed by atoms with Crippen LogP contribution < -0.4 is 10.0 Å². The normalized spacial score (nSPS) is 12.3. The first-order valence-electron chi connectivity index (χ1n) is 12.6. The zero-order valence-corrected chi connectivity index (χ0v) is 23.6. The molecule has 0 aliphatic heterocycles. The molecular formula is C28H36N4O5S. The zero-order valence-electron chi connectivity index (χ0n) is 22.7. The zero-order chi connectivity index (χ0) is 28.0. The largest absolute Gasteiger partial charge is 0.357 e. The Hall–Kier alpha value is -3.66. The van der Waals surface area contributed by atoms with Crippen molar-refractivity contribution in [3.8, 4) is 11.1 Å². The van der Waals surface area contributed by atoms with E-state index in [1.807, 2.05) is 38.1 Å². The molecule has 38 heavy (non-hydrogen) atoms. The first-order valence-corrected chi connectivity index (χ1v) is 14.1. The predicted octanol–water partition coefficient (Wildman–Crippen LogP) is 4.66. The topological polar surface area (TPSA) is 122 Å². The maximum atomic E-state index is 13.3. The van der Waals surface area contributed by atoms with Crippen LogP contribution in [0.5, 0.6) is 0 Å². The first-order chi connectivity index (χ1) is 18.0. The van der Waals surface area contributed by atoms with Crippen LogP contribution in [0, 0.1) is 19.8 Å². The summed E-state index contributed by atoms with van der Waals surface area (Å²) in [6.07, 6.45) is 0.831. The predicted molar refractivity (Wildman–Crippen MR) is 147 cm³/mol. The molecule has 3 aromatic rings. The van der Waals surface area contributed by atoms with Crippen LogP contribution in [0.25, 0.3) is 11.1 Å². The molecule has 0 saturated heterocycles. The standard InChI is InChI=1S/C28H36N4O5S/c1-7-26(33)32(24(16-18(2)3)27(34)29-6)17-21-12-14-22(15-13-21)23-10-8-9-11-25(23)38(35,36)31-28-19(4)20(5)30-37-28/h8-15,18,24,31H,7,16-17H2,1-6H3,(H,29,34). The lowest BCUT2D eigenvalue weighted by atomic mass is 9.99. The second-order valence-electron chi connectivity index (χ2n) is 9.66. The summed E-state index contributed by atoms with van der Waals surface area (Å²) < 4.78 is 34.1. The number of carbonyl (C=O) groups excluding carboxylic acids is 2. The number of nitrogens with one attached hydrogen (secondary N) is 2. The van der Waals surface area contributed by atoms with Crippen LogP contribution in [0.1, 0.15) is 50.4 Å². The summed E-state index contributed by atoms with van der Waals surface area (Å²) in [6.45, 7) is 9.55. The van der Waals surface area contributed by atoms with Gasteiger partial charge in [-0.05, 0) is 43.4 Å². The van der Waals surface area contributed by atoms with Crippen molar-refractivity contribution in [3.63, 3.8) is 0 Å². The number of nitrogens with zero attached hydrogens (tertiary/aromatic N) is 2. The maximum Gasteiger partial charge on any atom is 0.264 e. The van der Waals surface area contributed by atoms with Gasteiger partial charge in [-0.2, -0.15) is 0 Å². The number of carbonyl (C=O) groups is 2. The summed E-state index contributed by atoms with van der Waals surface area (Å²) in [6, 6.07) is 13.5. The van der Waals surface area contributed by atoms with E-state index in [4.69, 9.17) is 4.52 Å². The average Bonchev–Trinajstić information content (AvgIpc) is 3.21. The Morgan fingerprint density at radius 1 is 1.05 bits per heavy atom. The minimum Gasteiger partial charge on any atom is -0.357 e. The number of amides is 2. The smallest absolute Gasteiger partial charge is 0.264 e. The fraction of sp³-hybridized carbons (Fsp3) is 0.393. The van der Waals surface area contributed by atoms with E-state index in [1.54, 1.807) is 50.9 Å². The van der Waals surface area contributed by atoms with Crippen molar-refractivity contribution in [1.29, 1.82) is 0 Å². The van der Waals surface area contributed by atoms with Gasteiger partial charge in [0, 0.05) is 31.1 Å². The molecule has 2 amide bonds. The van der Waals surface area contributed by atoms with Crippen molar-refractivity contribution >= 4 is 27.7 Å². The van der Waals surface area contributed by atoms with Crippen LogP contribution in [0.2, 0.25) is 0 Å². The van der Waals surface area contributed by atoms with Gasteiger partial charge in [0.1, 0.15) is 6.04 Å². The SMILES string of the molecule is CCC(=O)N(Cc1ccc(-c2ccccc2S(=O)(=O)Nc2onc(C)c2C)cc1)C(CC(C)C)C(=O)NC. The van der Waals surface area contributed by atoms with E-state index in [0.29, 0.717) is 28.8 Å². The lowest BCUT2D eigenvalue weighted by molar-refractivity contribution is -0.141. The van der Waals surface area contributed by atoms with Gasteiger partial charge in [0.25, 0.3) is 10.0 Å². The van der Waals surface area contributed by atoms with E-state index >= 15 is 0 Å². The summed E-state index contributed by atoms with van der Waals surface area (Å²) in [4.78, 5) is 27.2. The highest BCUT2D eigenvalue weighted by Gasteiger charge is 2.29. The van der Waals surface area contributed by atoms with Crippen LogP contribution in [0.15, 0.2) is 57.9 Å². The Morgan fingerprint density at radius 3 is 2.26 bits per heavy atom. The Kier molecular flexibility index (Phi) is 9.32. The quantitative estimate of drug-likeness (QED) is 0.365. The lowest BCUT2D eigenvalue weighted by Gasteiger charge is -2.31. The van der Waals surface area contributed by atoms with Gasteiger partial charge in [-0.1, -0.05) is 68.4 Å². The third-order valence-corrected chi connectivity index (χ3v) is 7.81. The van der Waals surface area contributed by atoms with E-state index in [2.05, 4.69) is 15.2 Å². The first kappa shape index (κ1) is 28.9. The highest BCUT2D eigenvalue weighted by atomic mass is 32.2. The fourth-order valence-corrected chi connectivity index (χ4v) is 5.46. The van der Waals surface area contributed by atoms with Gasteiger partial charge < -0.3 is 14.7 Å². The Bertz CT molecular complexity index is 1380. The molecule has 1 aromatic heterocycles. The molecule has 0 spiro atoms. The molecule has 9 nitrogen and oxygen atoms in total. The number of benzene rings is 2. The molecule has 0 aliphatic carbocycles. The van der Waals surface area contributed by atoms with E-state index < -0.39 is 16.1 Å². The molecule has 2 aromatic carbocycles. The van der Waals surface area contributed by atoms with Crippen LogP contribution in [0.4, 0.5) is 5.88 Å². The second-order valence-corrected chi connectivity index (χ2v) is 11.3. The number of hydrogen-bond donors (Lipinski definition) is 2. The molecule has 1 heterocycles. The van der Waals surface area contributed by atoms with Crippen LogP contribution in [-0.4, -0.2) is 43.4 Å². The molecule has 0 radical (unpaired) electrons. The third kappa shape index (κ3) is 6.61. The minimum absolute atomic E-state index is 0.0837. The molecule has 0 bridgehead atoms. The number of hydrogen-bond acceptors (Lipinski definition) is 6. The Balaban J connectivity index is 1.91. The van der Waals surface area contributed by atoms with Crippen molar-refractivity contribution in [2.45, 2.75) is 64.9 Å². The number of sulfonamides is 1. The summed E-state index contributed by atoms with van der Waals surface area (Å²) in [5.74, 6) is 0.00804. The molecule has 0 fully saturated rings. The number of aromatic nitrogens is 1. The number of anilines is 1. The average molecular weight is 541 g/mol. The van der Waals surface area contributed by atoms with Crippen LogP contribution >= 0.6 is 0 Å². The second kappa shape index (κ2) is 12.3. The minimum atomic E-state index is -3.96. The molecule has 3 rings (SSSR count). The van der Waals surface area contributed by atoms with Crippen molar-refractivity contribution in [3.05, 3.63) is 65.4 Å². The monoisotopic (exact) mass is 540 g/mol. The van der Waals surface area contributed by atoms with Crippen molar-refractivity contribution in [2.24, 2.45) is 5.92 Å². The number of likely N-dealkylation sites (N-methyl/N-ethyl adjacent to an activating group) is 1. The van der Waals surface area contributed by atoms with Gasteiger partial charge in [0.15, 0.2) is 0 Å². The van der Waals surface area contributed by atoms with Crippen molar-refractivity contribution < 1.29 is 22.5 Å². The Labute approximate surface area is 224 Å². The summed E-state index contributed by atoms with van der Waals surface area (Å²) in [7, 11) is -2.39. The molecular weight excluding hydrogens is 504 g/mol. The molecule has 1 unspecified atom stereocenters. The van der Waals surface area contributed by atoms with Gasteiger partial charge in [-0.25, -0.2) is 13.1 Å². The van der Waals surface area contributed by atoms with E-state index in [-0.39, 0.29) is 41.5 Å². The van der Waals surface area contributed by atoms with Crippen molar-refractivity contribution in [1.82, 2.24) is 15.4 Å². The lowest BCUT2D eigenvalue weighted by Crippen LogP contribution is -2.49. The summed E-state index contributed by atoms with van der Waals surface area (Å²) in [5.41, 5.74) is 3.27. The van der Waals surface area contributed by atoms with E-state index in [9.17, 15) is 18.0 Å². The molecule has 0 saturated carbocycles. The van der Waals surface area contributed by atoms with Gasteiger partial charge in [0.05, 0.1) is 10.6 Å². The van der Waals surface area contributed by atoms with Crippen LogP contribution in [-0.2, 0) is 26.2 Å². The highest BCUT2D eigenvalue weighted by molar-refractivity contribution is 7.92. The maximum absolute atomic E-state index is 13.3. The highest BCUT2D eigenvalue weighted by Crippen LogP contribution is 2.30. The molecule has 0 aliphatic rings. The third-order valence-electron chi connectivity index (χ3n) is 6.42. The van der Waals surface area contributed by atoms with Gasteiger partial charge in [-0.15, -0.1) is 0 Å². The number of rotatable bonds is 11. The molecule has 2 N–H and O–H groups in total. The number of aryl methyl sites for hydroxylation is 1. The van der Waals surface area contributed by atoms with Gasteiger partial charge >= 0.3 is 0 Å². The van der Waals surface area contributed by atoms with Gasteiger partial charge in [-0.3, -0.25) is 9.59 Å². The van der Waals surface area contributed by atoms with Gasteiger partial charge in [0.2, 0.25) is 17.7 Å². The molecule has 1 atom stereocenters. The van der Waals surface area contributed by atoms with E-state index in [1.165, 1.54) is 6.07 Å². The fourth-order valence-electron chi connectivity index (χ4n) is 4.18. The molecule has 204 valence electrons. The van der Waals surface area contributed by atoms with E-state index in [0.717, 1.165) is 5.56 Å². The van der Waals surface area contributed by atoms with Crippen LogP contribution in [0.3, 0.4) is 0 Å². The van der Waals surface area contributed by atoms with Crippen molar-refractivity contribution in [2.75, 3.05) is 11.8 Å². The Morgan fingerprint density at radius 2 is 1.71 bits per heavy atom.